The second-order valence-corrected chi connectivity index (χ2v) is 18.0. The van der Waals surface area contributed by atoms with Gasteiger partial charge in [0.2, 0.25) is 29.5 Å². The van der Waals surface area contributed by atoms with Gasteiger partial charge in [-0.1, -0.05) is 13.0 Å². The second-order valence-electron chi connectivity index (χ2n) is 16.2. The standard InChI is InChI=1S/C43H45F3N10O7S/c1-3-53(2)64(62,63)52-33-7-6-31(44)37(38(33)46)39(59)30-24-48-40-29(30)18-26(21-47-40)27-22-49-42(50-23-27)56-16-14-55(15-17-56)36(58)20-43(61)10-12-54(13-11-43)34-8-4-25(19-32(34)45)28-5-9-35(57)51-41(28)60/h4,6-8,18-19,21-24,28,52,61H,3,5,9-17,20H2,1-2H3,(H,47,48)(H,51,57,60)/t28-/m0/s1. The van der Waals surface area contributed by atoms with E-state index in [9.17, 15) is 32.7 Å². The molecule has 336 valence electrons. The predicted octanol–water partition coefficient (Wildman–Crippen LogP) is 3.87. The monoisotopic (exact) mass is 902 g/mol. The SMILES string of the molecule is CCN(C)S(=O)(=O)Nc1ccc(F)c(C(=O)c2c[nH]c3ncc(-c4cnc(N5CCN(C(=O)CC6(O)CCN(c7ccc([C@@H]8CCC(=O)NC8=O)cc7F)CC6)CC5)nc4)cc23)c1F. The van der Waals surface area contributed by atoms with Gasteiger partial charge in [0.05, 0.1) is 34.9 Å². The molecule has 8 rings (SSSR count). The first kappa shape index (κ1) is 44.2. The molecule has 5 aromatic rings. The van der Waals surface area contributed by atoms with E-state index in [-0.39, 0.29) is 60.6 Å². The summed E-state index contributed by atoms with van der Waals surface area (Å²) in [7, 11) is -2.89. The average Bonchev–Trinajstić information content (AvgIpc) is 3.71. The number of halogens is 3. The van der Waals surface area contributed by atoms with Gasteiger partial charge in [0.1, 0.15) is 17.3 Å². The number of ketones is 1. The van der Waals surface area contributed by atoms with Gasteiger partial charge in [0.25, 0.3) is 0 Å². The molecule has 0 aliphatic carbocycles. The fourth-order valence-corrected chi connectivity index (χ4v) is 9.17. The maximum absolute atomic E-state index is 15.6. The molecule has 64 heavy (non-hydrogen) atoms. The van der Waals surface area contributed by atoms with E-state index in [2.05, 4.69) is 30.0 Å². The van der Waals surface area contributed by atoms with Crippen LogP contribution < -0.4 is 19.8 Å². The van der Waals surface area contributed by atoms with E-state index in [1.54, 1.807) is 42.4 Å². The van der Waals surface area contributed by atoms with Crippen molar-refractivity contribution in [3.8, 4) is 11.1 Å². The van der Waals surface area contributed by atoms with Crippen LogP contribution >= 0.6 is 0 Å². The second kappa shape index (κ2) is 17.6. The molecule has 3 aliphatic rings. The van der Waals surface area contributed by atoms with Crippen LogP contribution in [0.4, 0.5) is 30.5 Å². The summed E-state index contributed by atoms with van der Waals surface area (Å²) in [4.78, 5) is 72.5. The molecule has 3 saturated heterocycles. The minimum Gasteiger partial charge on any atom is -0.389 e. The summed E-state index contributed by atoms with van der Waals surface area (Å²) in [5, 5.41) is 14.0. The molecule has 0 bridgehead atoms. The zero-order valence-corrected chi connectivity index (χ0v) is 35.7. The average molecular weight is 903 g/mol. The number of hydrogen-bond donors (Lipinski definition) is 4. The Kier molecular flexibility index (Phi) is 12.2. The molecule has 17 nitrogen and oxygen atoms in total. The maximum Gasteiger partial charge on any atom is 0.301 e. The van der Waals surface area contributed by atoms with Crippen molar-refractivity contribution in [3.05, 3.63) is 95.3 Å². The molecule has 3 fully saturated rings. The number of nitrogens with one attached hydrogen (secondary N) is 3. The van der Waals surface area contributed by atoms with E-state index in [0.717, 1.165) is 16.4 Å². The number of hydrogen-bond acceptors (Lipinski definition) is 12. The molecule has 0 radical (unpaired) electrons. The molecule has 21 heteroatoms. The number of carbonyl (C=O) groups excluding carboxylic acids is 4. The quantitative estimate of drug-likeness (QED) is 0.104. The third-order valence-electron chi connectivity index (χ3n) is 12.2. The van der Waals surface area contributed by atoms with Gasteiger partial charge in [-0.05, 0) is 55.2 Å². The summed E-state index contributed by atoms with van der Waals surface area (Å²) in [5.41, 5.74) is -0.738. The van der Waals surface area contributed by atoms with Crippen molar-refractivity contribution in [2.75, 3.05) is 67.4 Å². The summed E-state index contributed by atoms with van der Waals surface area (Å²) in [5.74, 6) is -5.23. The molecule has 0 saturated carbocycles. The maximum atomic E-state index is 15.6. The molecule has 4 N–H and O–H groups in total. The molecule has 3 aliphatic heterocycles. The molecule has 0 unspecified atom stereocenters. The van der Waals surface area contributed by atoms with Crippen LogP contribution in [0.2, 0.25) is 0 Å². The number of pyridine rings is 1. The molecular formula is C43H45F3N10O7S. The Bertz CT molecular complexity index is 2760. The lowest BCUT2D eigenvalue weighted by molar-refractivity contribution is -0.138. The smallest absolute Gasteiger partial charge is 0.301 e. The molecule has 3 amide bonds. The normalized spacial score (nSPS) is 18.1. The van der Waals surface area contributed by atoms with E-state index in [1.165, 1.54) is 25.5 Å². The minimum absolute atomic E-state index is 0.0789. The number of amides is 3. The van der Waals surface area contributed by atoms with Gasteiger partial charge in [-0.3, -0.25) is 29.2 Å². The molecule has 2 aromatic carbocycles. The summed E-state index contributed by atoms with van der Waals surface area (Å²) in [6, 6.07) is 7.95. The van der Waals surface area contributed by atoms with Gasteiger partial charge in [0.15, 0.2) is 5.82 Å². The van der Waals surface area contributed by atoms with Gasteiger partial charge < -0.3 is 24.8 Å². The lowest BCUT2D eigenvalue weighted by Gasteiger charge is -2.41. The van der Waals surface area contributed by atoms with Crippen molar-refractivity contribution < 1.29 is 45.9 Å². The third-order valence-corrected chi connectivity index (χ3v) is 13.8. The number of imide groups is 1. The number of H-pyrrole nitrogens is 1. The number of nitrogens with zero attached hydrogens (tertiary/aromatic N) is 7. The van der Waals surface area contributed by atoms with Crippen LogP contribution in [0.1, 0.15) is 66.4 Å². The Morgan fingerprint density at radius 3 is 2.30 bits per heavy atom. The predicted molar refractivity (Wildman–Crippen MR) is 229 cm³/mol. The van der Waals surface area contributed by atoms with Crippen LogP contribution in [0.25, 0.3) is 22.2 Å². The van der Waals surface area contributed by atoms with E-state index >= 15 is 13.2 Å². The summed E-state index contributed by atoms with van der Waals surface area (Å²) in [6.45, 7) is 3.91. The number of rotatable bonds is 12. The molecule has 6 heterocycles. The van der Waals surface area contributed by atoms with E-state index in [0.29, 0.717) is 74.0 Å². The molecule has 3 aromatic heterocycles. The summed E-state index contributed by atoms with van der Waals surface area (Å²) >= 11 is 0. The van der Waals surface area contributed by atoms with Crippen molar-refractivity contribution in [2.24, 2.45) is 0 Å². The Morgan fingerprint density at radius 1 is 0.922 bits per heavy atom. The van der Waals surface area contributed by atoms with Crippen molar-refractivity contribution in [1.82, 2.24) is 34.5 Å². The zero-order valence-electron chi connectivity index (χ0n) is 34.9. The topological polar surface area (TPSA) is 214 Å². The molecular weight excluding hydrogens is 858 g/mol. The number of piperazine rings is 1. The Morgan fingerprint density at radius 2 is 1.62 bits per heavy atom. The Balaban J connectivity index is 0.862. The molecule has 1 atom stereocenters. The molecule has 0 spiro atoms. The first-order chi connectivity index (χ1) is 30.5. The highest BCUT2D eigenvalue weighted by Gasteiger charge is 2.38. The third kappa shape index (κ3) is 8.87. The highest BCUT2D eigenvalue weighted by atomic mass is 32.2. The van der Waals surface area contributed by atoms with Crippen molar-refractivity contribution in [3.63, 3.8) is 0 Å². The van der Waals surface area contributed by atoms with Crippen LogP contribution in [-0.2, 0) is 24.6 Å². The van der Waals surface area contributed by atoms with Crippen LogP contribution in [0.5, 0.6) is 0 Å². The van der Waals surface area contributed by atoms with Gasteiger partial charge in [-0.2, -0.15) is 12.7 Å². The van der Waals surface area contributed by atoms with Gasteiger partial charge in [-0.15, -0.1) is 0 Å². The fourth-order valence-electron chi connectivity index (χ4n) is 8.24. The number of anilines is 3. The number of piperidine rings is 2. The minimum atomic E-state index is -4.17. The first-order valence-electron chi connectivity index (χ1n) is 20.7. The number of aliphatic hydroxyl groups is 1. The van der Waals surface area contributed by atoms with Crippen molar-refractivity contribution in [1.29, 1.82) is 0 Å². The summed E-state index contributed by atoms with van der Waals surface area (Å²) in [6.07, 6.45) is 6.87. The number of aromatic amines is 1. The lowest BCUT2D eigenvalue weighted by atomic mass is 9.87. The van der Waals surface area contributed by atoms with Crippen LogP contribution in [0.15, 0.2) is 61.2 Å². The van der Waals surface area contributed by atoms with E-state index < -0.39 is 62.1 Å². The van der Waals surface area contributed by atoms with E-state index in [4.69, 9.17) is 0 Å². The van der Waals surface area contributed by atoms with Crippen molar-refractivity contribution >= 4 is 62.1 Å². The number of aromatic nitrogens is 4. The van der Waals surface area contributed by atoms with Crippen LogP contribution in [0.3, 0.4) is 0 Å². The number of fused-ring (bicyclic) bond motifs is 1. The number of carbonyl (C=O) groups is 4. The van der Waals surface area contributed by atoms with Gasteiger partial charge in [-0.25, -0.2) is 28.1 Å². The van der Waals surface area contributed by atoms with Crippen LogP contribution in [0, 0.1) is 17.5 Å². The Hall–Kier alpha value is -6.45. The highest BCUT2D eigenvalue weighted by Crippen LogP contribution is 2.34. The van der Waals surface area contributed by atoms with Crippen LogP contribution in [-0.4, -0.2) is 125 Å². The zero-order chi connectivity index (χ0) is 45.5. The van der Waals surface area contributed by atoms with E-state index in [1.807, 2.05) is 9.80 Å². The first-order valence-corrected chi connectivity index (χ1v) is 22.2. The highest BCUT2D eigenvalue weighted by molar-refractivity contribution is 7.90. The summed E-state index contributed by atoms with van der Waals surface area (Å²) < 4.78 is 74.0. The fraction of sp³-hybridized carbons (Fsp3) is 0.372. The van der Waals surface area contributed by atoms with Gasteiger partial charge in [0, 0.05) is 106 Å². The van der Waals surface area contributed by atoms with Gasteiger partial charge >= 0.3 is 10.2 Å². The lowest BCUT2D eigenvalue weighted by Crippen LogP contribution is -2.52. The van der Waals surface area contributed by atoms with Crippen molar-refractivity contribution in [2.45, 2.75) is 50.5 Å². The number of benzene rings is 2. The Labute approximate surface area is 365 Å². The largest absolute Gasteiger partial charge is 0.389 e.